The van der Waals surface area contributed by atoms with Gasteiger partial charge in [0, 0.05) is 26.7 Å². The van der Waals surface area contributed by atoms with Crippen molar-refractivity contribution in [3.63, 3.8) is 0 Å². The number of likely N-dealkylation sites (N-methyl/N-ethyl adjacent to an activating group) is 1. The third-order valence-corrected chi connectivity index (χ3v) is 6.36. The summed E-state index contributed by atoms with van der Waals surface area (Å²) in [7, 11) is 1.90. The molecule has 154 valence electrons. The van der Waals surface area contributed by atoms with Crippen molar-refractivity contribution in [2.24, 2.45) is 23.7 Å². The Hall–Kier alpha value is -1.76. The van der Waals surface area contributed by atoms with Crippen molar-refractivity contribution in [3.05, 3.63) is 29.8 Å². The average Bonchev–Trinajstić information content (AvgIpc) is 3.50. The van der Waals surface area contributed by atoms with E-state index in [0.717, 1.165) is 38.0 Å². The molecule has 3 aliphatic rings. The summed E-state index contributed by atoms with van der Waals surface area (Å²) in [6.45, 7) is 3.34. The highest BCUT2D eigenvalue weighted by Crippen LogP contribution is 2.53. The molecule has 7 heteroatoms. The number of hydrogen-bond donors (Lipinski definition) is 0. The lowest BCUT2D eigenvalue weighted by molar-refractivity contribution is -0.274. The molecule has 1 amide bonds. The zero-order chi connectivity index (χ0) is 19.9. The van der Waals surface area contributed by atoms with Crippen LogP contribution in [0.4, 0.5) is 13.2 Å². The van der Waals surface area contributed by atoms with Crippen LogP contribution >= 0.6 is 0 Å². The number of nitrogens with zero attached hydrogens (tertiary/aromatic N) is 2. The molecule has 1 aliphatic heterocycles. The van der Waals surface area contributed by atoms with Gasteiger partial charge in [0.25, 0.3) is 0 Å². The SMILES string of the molecule is CN(CC1CC1)C(=O)CN1CC2C(CCc3cccc(OC(F)(F)F)c3)C2C1. The van der Waals surface area contributed by atoms with Crippen molar-refractivity contribution >= 4 is 5.91 Å². The molecule has 1 aromatic rings. The first-order valence-electron chi connectivity index (χ1n) is 10.1. The van der Waals surface area contributed by atoms with E-state index >= 15 is 0 Å². The summed E-state index contributed by atoms with van der Waals surface area (Å²) in [4.78, 5) is 16.4. The van der Waals surface area contributed by atoms with Gasteiger partial charge in [0.05, 0.1) is 6.54 Å². The summed E-state index contributed by atoms with van der Waals surface area (Å²) in [5.41, 5.74) is 0.875. The van der Waals surface area contributed by atoms with Crippen molar-refractivity contribution in [1.82, 2.24) is 9.80 Å². The van der Waals surface area contributed by atoms with Crippen molar-refractivity contribution in [1.29, 1.82) is 0 Å². The third kappa shape index (κ3) is 4.99. The molecule has 4 nitrogen and oxygen atoms in total. The lowest BCUT2D eigenvalue weighted by Gasteiger charge is -2.23. The molecule has 3 fully saturated rings. The number of carbonyl (C=O) groups excluding carboxylic acids is 1. The third-order valence-electron chi connectivity index (χ3n) is 6.36. The smallest absolute Gasteiger partial charge is 0.406 e. The van der Waals surface area contributed by atoms with E-state index in [9.17, 15) is 18.0 Å². The lowest BCUT2D eigenvalue weighted by Crippen LogP contribution is -2.39. The molecule has 0 spiro atoms. The molecule has 2 aliphatic carbocycles. The fourth-order valence-electron chi connectivity index (χ4n) is 4.63. The van der Waals surface area contributed by atoms with Crippen LogP contribution in [0, 0.1) is 23.7 Å². The number of carbonyl (C=O) groups is 1. The Labute approximate surface area is 163 Å². The van der Waals surface area contributed by atoms with Gasteiger partial charge < -0.3 is 9.64 Å². The zero-order valence-electron chi connectivity index (χ0n) is 16.1. The van der Waals surface area contributed by atoms with E-state index in [0.29, 0.717) is 30.2 Å². The van der Waals surface area contributed by atoms with Crippen LogP contribution in [0.1, 0.15) is 24.8 Å². The van der Waals surface area contributed by atoms with E-state index in [4.69, 9.17) is 0 Å². The fraction of sp³-hybridized carbons (Fsp3) is 0.667. The molecule has 0 bridgehead atoms. The van der Waals surface area contributed by atoms with E-state index in [1.165, 1.54) is 25.0 Å². The van der Waals surface area contributed by atoms with Crippen LogP contribution in [-0.4, -0.2) is 55.3 Å². The Morgan fingerprint density at radius 3 is 2.61 bits per heavy atom. The van der Waals surface area contributed by atoms with Gasteiger partial charge in [0.15, 0.2) is 0 Å². The Morgan fingerprint density at radius 2 is 1.96 bits per heavy atom. The highest BCUT2D eigenvalue weighted by molar-refractivity contribution is 5.78. The number of fused-ring (bicyclic) bond motifs is 1. The molecule has 2 saturated carbocycles. The molecule has 1 aromatic carbocycles. The number of likely N-dealkylation sites (tertiary alicyclic amines) is 1. The second-order valence-corrected chi connectivity index (χ2v) is 8.64. The molecule has 2 atom stereocenters. The van der Waals surface area contributed by atoms with Gasteiger partial charge in [0.1, 0.15) is 5.75 Å². The minimum atomic E-state index is -4.65. The predicted octanol–water partition coefficient (Wildman–Crippen LogP) is 3.56. The maximum Gasteiger partial charge on any atom is 0.573 e. The molecular weight excluding hydrogens is 369 g/mol. The number of rotatable bonds is 8. The van der Waals surface area contributed by atoms with Crippen molar-refractivity contribution in [2.45, 2.75) is 32.0 Å². The van der Waals surface area contributed by atoms with E-state index < -0.39 is 6.36 Å². The molecule has 2 unspecified atom stereocenters. The largest absolute Gasteiger partial charge is 0.573 e. The predicted molar refractivity (Wildman–Crippen MR) is 98.7 cm³/mol. The Morgan fingerprint density at radius 1 is 1.25 bits per heavy atom. The van der Waals surface area contributed by atoms with Crippen molar-refractivity contribution in [2.75, 3.05) is 33.2 Å². The standard InChI is InChI=1S/C21H27F3N2O2/c1-25(10-15-5-6-15)20(27)13-26-11-18-17(19(18)12-26)8-7-14-3-2-4-16(9-14)28-21(22,23)24/h2-4,9,15,17-19H,5-8,10-13H2,1H3. The van der Waals surface area contributed by atoms with E-state index in [1.807, 2.05) is 18.0 Å². The van der Waals surface area contributed by atoms with Gasteiger partial charge in [0.2, 0.25) is 5.91 Å². The van der Waals surface area contributed by atoms with Gasteiger partial charge in [-0.15, -0.1) is 13.2 Å². The lowest BCUT2D eigenvalue weighted by atomic mass is 10.0. The van der Waals surface area contributed by atoms with Crippen LogP contribution in [-0.2, 0) is 11.2 Å². The maximum atomic E-state index is 12.3. The van der Waals surface area contributed by atoms with Gasteiger partial charge in [-0.1, -0.05) is 12.1 Å². The first kappa shape index (κ1) is 19.6. The van der Waals surface area contributed by atoms with E-state index in [-0.39, 0.29) is 11.7 Å². The highest BCUT2D eigenvalue weighted by atomic mass is 19.4. The number of aryl methyl sites for hydroxylation is 1. The molecule has 1 heterocycles. The van der Waals surface area contributed by atoms with Gasteiger partial charge in [-0.3, -0.25) is 9.69 Å². The molecule has 0 N–H and O–H groups in total. The number of ether oxygens (including phenoxy) is 1. The summed E-state index contributed by atoms with van der Waals surface area (Å²) in [5, 5.41) is 0. The molecule has 0 aromatic heterocycles. The Balaban J connectivity index is 1.18. The van der Waals surface area contributed by atoms with Crippen LogP contribution < -0.4 is 4.74 Å². The van der Waals surface area contributed by atoms with E-state index in [1.54, 1.807) is 6.07 Å². The number of benzene rings is 1. The van der Waals surface area contributed by atoms with Gasteiger partial charge in [-0.25, -0.2) is 0 Å². The first-order valence-corrected chi connectivity index (χ1v) is 10.1. The monoisotopic (exact) mass is 396 g/mol. The van der Waals surface area contributed by atoms with Gasteiger partial charge >= 0.3 is 6.36 Å². The number of piperidine rings is 1. The van der Waals surface area contributed by atoms with Crippen molar-refractivity contribution in [3.8, 4) is 5.75 Å². The normalized spacial score (nSPS) is 26.8. The van der Waals surface area contributed by atoms with Crippen LogP contribution in [0.2, 0.25) is 0 Å². The number of hydrogen-bond acceptors (Lipinski definition) is 3. The number of alkyl halides is 3. The molecule has 1 saturated heterocycles. The fourth-order valence-corrected chi connectivity index (χ4v) is 4.63. The van der Waals surface area contributed by atoms with Crippen molar-refractivity contribution < 1.29 is 22.7 Å². The Bertz CT molecular complexity index is 708. The maximum absolute atomic E-state index is 12.3. The first-order chi connectivity index (χ1) is 13.3. The second-order valence-electron chi connectivity index (χ2n) is 8.64. The minimum Gasteiger partial charge on any atom is -0.406 e. The van der Waals surface area contributed by atoms with Crippen LogP contribution in [0.3, 0.4) is 0 Å². The molecule has 28 heavy (non-hydrogen) atoms. The molecule has 0 radical (unpaired) electrons. The quantitative estimate of drug-likeness (QED) is 0.674. The van der Waals surface area contributed by atoms with Crippen LogP contribution in [0.25, 0.3) is 0 Å². The van der Waals surface area contributed by atoms with Crippen LogP contribution in [0.15, 0.2) is 24.3 Å². The average molecular weight is 396 g/mol. The topological polar surface area (TPSA) is 32.8 Å². The summed E-state index contributed by atoms with van der Waals surface area (Å²) in [6, 6.07) is 6.27. The minimum absolute atomic E-state index is 0.152. The number of halogens is 3. The summed E-state index contributed by atoms with van der Waals surface area (Å²) < 4.78 is 41.0. The number of amides is 1. The summed E-state index contributed by atoms with van der Waals surface area (Å²) in [5.74, 6) is 2.67. The molecular formula is C21H27F3N2O2. The Kier molecular flexibility index (Phi) is 5.29. The molecule has 4 rings (SSSR count). The second kappa shape index (κ2) is 7.58. The van der Waals surface area contributed by atoms with Gasteiger partial charge in [-0.05, 0) is 67.1 Å². The zero-order valence-corrected chi connectivity index (χ0v) is 16.1. The van der Waals surface area contributed by atoms with Gasteiger partial charge in [-0.2, -0.15) is 0 Å². The summed E-state index contributed by atoms with van der Waals surface area (Å²) in [6.07, 6.45) is -0.416. The van der Waals surface area contributed by atoms with E-state index in [2.05, 4.69) is 9.64 Å². The van der Waals surface area contributed by atoms with Crippen LogP contribution in [0.5, 0.6) is 5.75 Å². The summed E-state index contributed by atoms with van der Waals surface area (Å²) >= 11 is 0. The highest BCUT2D eigenvalue weighted by Gasteiger charge is 2.54.